The van der Waals surface area contributed by atoms with E-state index in [2.05, 4.69) is 28.5 Å². The Morgan fingerprint density at radius 2 is 2.33 bits per heavy atom. The van der Waals surface area contributed by atoms with Crippen molar-refractivity contribution in [2.24, 2.45) is 4.99 Å². The summed E-state index contributed by atoms with van der Waals surface area (Å²) in [5, 5.41) is 7.70. The normalized spacial score (nSPS) is 24.0. The molecule has 1 saturated carbocycles. The standard InChI is InChI=1S/C13H25N3S2/c1-4-8-18-9-7-15-13(14-2)16-11-5-6-12(10-11)17-3/h4,11-12H,1,5-10H2,2-3H3,(H2,14,15,16). The van der Waals surface area contributed by atoms with Gasteiger partial charge in [0.2, 0.25) is 0 Å². The predicted molar refractivity (Wildman–Crippen MR) is 87.0 cm³/mol. The van der Waals surface area contributed by atoms with Gasteiger partial charge in [-0.15, -0.1) is 6.58 Å². The fraction of sp³-hybridized carbons (Fsp3) is 0.769. The third kappa shape index (κ3) is 6.05. The molecule has 1 aliphatic carbocycles. The number of hydrogen-bond donors (Lipinski definition) is 2. The van der Waals surface area contributed by atoms with Crippen LogP contribution >= 0.6 is 23.5 Å². The third-order valence-corrected chi connectivity index (χ3v) is 5.12. The Balaban J connectivity index is 2.16. The van der Waals surface area contributed by atoms with E-state index in [9.17, 15) is 0 Å². The molecule has 0 amide bonds. The third-order valence-electron chi connectivity index (χ3n) is 3.06. The van der Waals surface area contributed by atoms with E-state index in [0.717, 1.165) is 29.3 Å². The van der Waals surface area contributed by atoms with E-state index in [-0.39, 0.29) is 0 Å². The Morgan fingerprint density at radius 3 is 2.94 bits per heavy atom. The highest BCUT2D eigenvalue weighted by Crippen LogP contribution is 2.27. The van der Waals surface area contributed by atoms with Gasteiger partial charge in [0.1, 0.15) is 0 Å². The fourth-order valence-corrected chi connectivity index (χ4v) is 3.46. The van der Waals surface area contributed by atoms with Crippen molar-refractivity contribution in [3.8, 4) is 0 Å². The second-order valence-electron chi connectivity index (χ2n) is 4.37. The Morgan fingerprint density at radius 1 is 1.50 bits per heavy atom. The van der Waals surface area contributed by atoms with Crippen molar-refractivity contribution in [3.63, 3.8) is 0 Å². The van der Waals surface area contributed by atoms with Crippen LogP contribution in [0, 0.1) is 0 Å². The van der Waals surface area contributed by atoms with Crippen molar-refractivity contribution in [1.82, 2.24) is 10.6 Å². The molecular weight excluding hydrogens is 262 g/mol. The summed E-state index contributed by atoms with van der Waals surface area (Å²) < 4.78 is 0. The van der Waals surface area contributed by atoms with Gasteiger partial charge in [-0.2, -0.15) is 23.5 Å². The average molecular weight is 287 g/mol. The second-order valence-corrected chi connectivity index (χ2v) is 6.66. The van der Waals surface area contributed by atoms with Crippen LogP contribution in [-0.2, 0) is 0 Å². The molecule has 1 fully saturated rings. The topological polar surface area (TPSA) is 36.4 Å². The van der Waals surface area contributed by atoms with Crippen LogP contribution < -0.4 is 10.6 Å². The molecule has 0 aromatic rings. The van der Waals surface area contributed by atoms with E-state index in [1.807, 2.05) is 36.6 Å². The summed E-state index contributed by atoms with van der Waals surface area (Å²) in [6.45, 7) is 4.67. The molecular formula is C13H25N3S2. The summed E-state index contributed by atoms with van der Waals surface area (Å²) in [7, 11) is 1.84. The van der Waals surface area contributed by atoms with Gasteiger partial charge in [-0.1, -0.05) is 6.08 Å². The number of rotatable bonds is 7. The Labute approximate surface area is 120 Å². The number of guanidine groups is 1. The lowest BCUT2D eigenvalue weighted by atomic mass is 10.2. The van der Waals surface area contributed by atoms with E-state index in [4.69, 9.17) is 0 Å². The molecule has 0 aromatic heterocycles. The number of aliphatic imine (C=N–C) groups is 1. The van der Waals surface area contributed by atoms with E-state index >= 15 is 0 Å². The first-order valence-corrected chi connectivity index (χ1v) is 8.93. The molecule has 2 unspecified atom stereocenters. The van der Waals surface area contributed by atoms with Crippen LogP contribution in [0.2, 0.25) is 0 Å². The van der Waals surface area contributed by atoms with Gasteiger partial charge in [0, 0.05) is 36.4 Å². The summed E-state index contributed by atoms with van der Waals surface area (Å²) in [5.41, 5.74) is 0. The number of nitrogens with one attached hydrogen (secondary N) is 2. The largest absolute Gasteiger partial charge is 0.356 e. The maximum atomic E-state index is 4.28. The Hall–Kier alpha value is -0.290. The zero-order chi connectivity index (χ0) is 13.2. The minimum atomic E-state index is 0.592. The molecule has 2 N–H and O–H groups in total. The number of thioether (sulfide) groups is 2. The van der Waals surface area contributed by atoms with Crippen LogP contribution in [0.4, 0.5) is 0 Å². The number of hydrogen-bond acceptors (Lipinski definition) is 3. The van der Waals surface area contributed by atoms with E-state index in [0.29, 0.717) is 6.04 Å². The van der Waals surface area contributed by atoms with Gasteiger partial charge in [-0.25, -0.2) is 0 Å². The SMILES string of the molecule is C=CCSCCNC(=NC)NC1CCC(SC)C1. The second kappa shape index (κ2) is 9.62. The minimum absolute atomic E-state index is 0.592. The highest BCUT2D eigenvalue weighted by Gasteiger charge is 2.24. The first-order chi connectivity index (χ1) is 8.80. The molecule has 0 radical (unpaired) electrons. The van der Waals surface area contributed by atoms with Crippen LogP contribution in [0.5, 0.6) is 0 Å². The van der Waals surface area contributed by atoms with Gasteiger partial charge in [-0.3, -0.25) is 4.99 Å². The smallest absolute Gasteiger partial charge is 0.191 e. The highest BCUT2D eigenvalue weighted by atomic mass is 32.2. The van der Waals surface area contributed by atoms with Crippen molar-refractivity contribution in [3.05, 3.63) is 12.7 Å². The number of nitrogens with zero attached hydrogens (tertiary/aromatic N) is 1. The molecule has 0 aliphatic heterocycles. The van der Waals surface area contributed by atoms with Gasteiger partial charge in [0.05, 0.1) is 0 Å². The fourth-order valence-electron chi connectivity index (χ4n) is 2.08. The Kier molecular flexibility index (Phi) is 8.42. The summed E-state index contributed by atoms with van der Waals surface area (Å²) in [6, 6.07) is 0.592. The van der Waals surface area contributed by atoms with Crippen molar-refractivity contribution in [1.29, 1.82) is 0 Å². The summed E-state index contributed by atoms with van der Waals surface area (Å²) in [4.78, 5) is 4.28. The van der Waals surface area contributed by atoms with E-state index < -0.39 is 0 Å². The molecule has 5 heteroatoms. The quantitative estimate of drug-likeness (QED) is 0.326. The van der Waals surface area contributed by atoms with Crippen molar-refractivity contribution >= 4 is 29.5 Å². The average Bonchev–Trinajstić information content (AvgIpc) is 2.84. The molecule has 0 heterocycles. The molecule has 0 saturated heterocycles. The van der Waals surface area contributed by atoms with E-state index in [1.54, 1.807) is 0 Å². The first kappa shape index (κ1) is 15.8. The van der Waals surface area contributed by atoms with Crippen molar-refractivity contribution in [2.45, 2.75) is 30.6 Å². The maximum absolute atomic E-state index is 4.28. The lowest BCUT2D eigenvalue weighted by molar-refractivity contribution is 0.617. The van der Waals surface area contributed by atoms with Crippen molar-refractivity contribution < 1.29 is 0 Å². The lowest BCUT2D eigenvalue weighted by Gasteiger charge is -2.17. The highest BCUT2D eigenvalue weighted by molar-refractivity contribution is 7.99. The molecule has 1 aliphatic rings. The molecule has 104 valence electrons. The monoisotopic (exact) mass is 287 g/mol. The molecule has 0 bridgehead atoms. The van der Waals surface area contributed by atoms with Gasteiger partial charge in [0.25, 0.3) is 0 Å². The molecule has 2 atom stereocenters. The van der Waals surface area contributed by atoms with Gasteiger partial charge >= 0.3 is 0 Å². The maximum Gasteiger partial charge on any atom is 0.191 e. The molecule has 1 rings (SSSR count). The van der Waals surface area contributed by atoms with Crippen LogP contribution in [-0.4, -0.2) is 48.6 Å². The van der Waals surface area contributed by atoms with Gasteiger partial charge in [-0.05, 0) is 25.5 Å². The van der Waals surface area contributed by atoms with Crippen LogP contribution in [0.15, 0.2) is 17.6 Å². The van der Waals surface area contributed by atoms with E-state index in [1.165, 1.54) is 19.3 Å². The lowest BCUT2D eigenvalue weighted by Crippen LogP contribution is -2.43. The van der Waals surface area contributed by atoms with Gasteiger partial charge < -0.3 is 10.6 Å². The zero-order valence-corrected chi connectivity index (χ0v) is 13.1. The first-order valence-electron chi connectivity index (χ1n) is 6.48. The summed E-state index contributed by atoms with van der Waals surface area (Å²) >= 11 is 3.87. The zero-order valence-electron chi connectivity index (χ0n) is 11.4. The summed E-state index contributed by atoms with van der Waals surface area (Å²) in [6.07, 6.45) is 7.99. The van der Waals surface area contributed by atoms with Crippen LogP contribution in [0.1, 0.15) is 19.3 Å². The minimum Gasteiger partial charge on any atom is -0.356 e. The van der Waals surface area contributed by atoms with Crippen molar-refractivity contribution in [2.75, 3.05) is 31.4 Å². The molecule has 3 nitrogen and oxygen atoms in total. The molecule has 0 spiro atoms. The predicted octanol–water partition coefficient (Wildman–Crippen LogP) is 2.35. The molecule has 0 aromatic carbocycles. The van der Waals surface area contributed by atoms with Crippen LogP contribution in [0.25, 0.3) is 0 Å². The van der Waals surface area contributed by atoms with Gasteiger partial charge in [0.15, 0.2) is 5.96 Å². The Bertz CT molecular complexity index is 269. The molecule has 18 heavy (non-hydrogen) atoms. The summed E-state index contributed by atoms with van der Waals surface area (Å²) in [5.74, 6) is 3.05. The van der Waals surface area contributed by atoms with Crippen LogP contribution in [0.3, 0.4) is 0 Å².